The van der Waals surface area contributed by atoms with E-state index in [9.17, 15) is 14.4 Å². The second-order valence-electron chi connectivity index (χ2n) is 8.09. The number of carbonyl (C=O) groups is 3. The van der Waals surface area contributed by atoms with Gasteiger partial charge in [-0.15, -0.1) is 0 Å². The number of para-hydroxylation sites is 1. The van der Waals surface area contributed by atoms with Crippen LogP contribution in [0, 0.1) is 0 Å². The van der Waals surface area contributed by atoms with E-state index >= 15 is 0 Å². The Labute approximate surface area is 195 Å². The van der Waals surface area contributed by atoms with Gasteiger partial charge in [-0.05, 0) is 58.0 Å². The van der Waals surface area contributed by atoms with Crippen molar-refractivity contribution in [2.24, 2.45) is 0 Å². The summed E-state index contributed by atoms with van der Waals surface area (Å²) >= 11 is 0. The number of ether oxygens (including phenoxy) is 1. The van der Waals surface area contributed by atoms with Gasteiger partial charge < -0.3 is 14.5 Å². The minimum atomic E-state index is -1.12. The Kier molecular flexibility index (Phi) is 6.27. The van der Waals surface area contributed by atoms with Crippen molar-refractivity contribution in [3.63, 3.8) is 0 Å². The summed E-state index contributed by atoms with van der Waals surface area (Å²) in [6, 6.07) is 11.7. The average molecular weight is 460 g/mol. The average Bonchev–Trinajstić information content (AvgIpc) is 3.48. The second kappa shape index (κ2) is 9.30. The molecular weight excluding hydrogens is 436 g/mol. The fourth-order valence-electron chi connectivity index (χ4n) is 3.53. The van der Waals surface area contributed by atoms with Crippen LogP contribution >= 0.6 is 0 Å². The molecule has 1 aromatic carbocycles. The third-order valence-electron chi connectivity index (χ3n) is 5.27. The maximum Gasteiger partial charge on any atom is 0.339 e. The number of nitrogens with zero attached hydrogens (tertiary/aromatic N) is 3. The number of carbonyl (C=O) groups excluding carboxylic acids is 3. The lowest BCUT2D eigenvalue weighted by molar-refractivity contribution is -0.123. The number of hydrogen-bond donors (Lipinski definition) is 1. The minimum Gasteiger partial charge on any atom is -0.463 e. The third-order valence-corrected chi connectivity index (χ3v) is 5.27. The van der Waals surface area contributed by atoms with Crippen molar-refractivity contribution in [2.45, 2.75) is 39.8 Å². The molecule has 3 heterocycles. The SMILES string of the molecule is CC(=O)c1ccccc1NC(=O)C(C)OC(=O)c1cc(-c2ccco2)nc2c1cnn2C(C)C. The molecule has 0 bridgehead atoms. The maximum absolute atomic E-state index is 13.2. The number of ketones is 1. The zero-order valence-corrected chi connectivity index (χ0v) is 19.2. The molecule has 9 nitrogen and oxygen atoms in total. The van der Waals surface area contributed by atoms with E-state index in [2.05, 4.69) is 15.4 Å². The van der Waals surface area contributed by atoms with Crippen LogP contribution in [-0.4, -0.2) is 38.5 Å². The molecule has 0 spiro atoms. The van der Waals surface area contributed by atoms with Gasteiger partial charge >= 0.3 is 5.97 Å². The standard InChI is InChI=1S/C25H24N4O5/c1-14(2)29-23-19(13-26-29)18(12-21(27-23)22-10-7-11-33-22)25(32)34-16(4)24(31)28-20-9-6-5-8-17(20)15(3)30/h5-14,16H,1-4H3,(H,28,31). The molecule has 1 unspecified atom stereocenters. The monoisotopic (exact) mass is 460 g/mol. The Bertz CT molecular complexity index is 1370. The first-order valence-corrected chi connectivity index (χ1v) is 10.8. The number of nitrogens with one attached hydrogen (secondary N) is 1. The van der Waals surface area contributed by atoms with Crippen LogP contribution in [0.1, 0.15) is 54.5 Å². The van der Waals surface area contributed by atoms with Gasteiger partial charge in [0.15, 0.2) is 23.3 Å². The summed E-state index contributed by atoms with van der Waals surface area (Å²) in [7, 11) is 0. The molecule has 4 aromatic rings. The van der Waals surface area contributed by atoms with Gasteiger partial charge in [0.05, 0.1) is 29.1 Å². The number of anilines is 1. The smallest absolute Gasteiger partial charge is 0.339 e. The molecule has 4 rings (SSSR count). The van der Waals surface area contributed by atoms with E-state index in [0.717, 1.165) is 0 Å². The number of rotatable bonds is 7. The van der Waals surface area contributed by atoms with E-state index < -0.39 is 18.0 Å². The van der Waals surface area contributed by atoms with Crippen LogP contribution < -0.4 is 5.32 Å². The van der Waals surface area contributed by atoms with Crippen LogP contribution in [0.4, 0.5) is 5.69 Å². The zero-order chi connectivity index (χ0) is 24.4. The molecule has 1 N–H and O–H groups in total. The topological polar surface area (TPSA) is 116 Å². The number of esters is 1. The van der Waals surface area contributed by atoms with E-state index in [1.807, 2.05) is 13.8 Å². The molecule has 0 radical (unpaired) electrons. The summed E-state index contributed by atoms with van der Waals surface area (Å²) in [6.45, 7) is 6.79. The van der Waals surface area contributed by atoms with E-state index in [1.54, 1.807) is 53.3 Å². The highest BCUT2D eigenvalue weighted by molar-refractivity contribution is 6.07. The Morgan fingerprint density at radius 3 is 2.50 bits per heavy atom. The van der Waals surface area contributed by atoms with Gasteiger partial charge in [0.2, 0.25) is 0 Å². The van der Waals surface area contributed by atoms with Crippen LogP contribution in [-0.2, 0) is 9.53 Å². The number of amides is 1. The van der Waals surface area contributed by atoms with Crippen LogP contribution in [0.15, 0.2) is 59.3 Å². The van der Waals surface area contributed by atoms with Crippen molar-refractivity contribution in [2.75, 3.05) is 5.32 Å². The van der Waals surface area contributed by atoms with Crippen LogP contribution in [0.25, 0.3) is 22.5 Å². The number of aromatic nitrogens is 3. The number of fused-ring (bicyclic) bond motifs is 1. The largest absolute Gasteiger partial charge is 0.463 e. The lowest BCUT2D eigenvalue weighted by Gasteiger charge is -2.15. The second-order valence-corrected chi connectivity index (χ2v) is 8.09. The predicted molar refractivity (Wildman–Crippen MR) is 126 cm³/mol. The Balaban J connectivity index is 1.62. The molecule has 0 saturated carbocycles. The van der Waals surface area contributed by atoms with Gasteiger partial charge in [-0.2, -0.15) is 5.10 Å². The molecule has 0 aliphatic rings. The maximum atomic E-state index is 13.2. The third kappa shape index (κ3) is 4.45. The lowest BCUT2D eigenvalue weighted by Crippen LogP contribution is -2.30. The van der Waals surface area contributed by atoms with E-state index in [4.69, 9.17) is 9.15 Å². The van der Waals surface area contributed by atoms with Crippen molar-refractivity contribution >= 4 is 34.4 Å². The van der Waals surface area contributed by atoms with Gasteiger partial charge in [-0.25, -0.2) is 14.5 Å². The highest BCUT2D eigenvalue weighted by Crippen LogP contribution is 2.27. The summed E-state index contributed by atoms with van der Waals surface area (Å²) in [6.07, 6.45) is 1.95. The van der Waals surface area contributed by atoms with Gasteiger partial charge in [0.25, 0.3) is 5.91 Å². The molecule has 9 heteroatoms. The summed E-state index contributed by atoms with van der Waals surface area (Å²) in [5, 5.41) is 7.52. The van der Waals surface area contributed by atoms with E-state index in [-0.39, 0.29) is 17.4 Å². The molecule has 0 aliphatic carbocycles. The van der Waals surface area contributed by atoms with Crippen LogP contribution in [0.5, 0.6) is 0 Å². The first kappa shape index (κ1) is 22.9. The van der Waals surface area contributed by atoms with Crippen molar-refractivity contribution in [1.29, 1.82) is 0 Å². The predicted octanol–water partition coefficient (Wildman–Crippen LogP) is 4.66. The highest BCUT2D eigenvalue weighted by Gasteiger charge is 2.24. The summed E-state index contributed by atoms with van der Waals surface area (Å²) in [4.78, 5) is 42.3. The highest BCUT2D eigenvalue weighted by atomic mass is 16.5. The van der Waals surface area contributed by atoms with E-state index in [1.165, 1.54) is 20.1 Å². The first-order chi connectivity index (χ1) is 16.3. The van der Waals surface area contributed by atoms with Gasteiger partial charge in [-0.1, -0.05) is 12.1 Å². The van der Waals surface area contributed by atoms with Crippen molar-refractivity contribution in [3.05, 3.63) is 66.1 Å². The molecule has 1 amide bonds. The molecule has 0 saturated heterocycles. The Morgan fingerprint density at radius 2 is 1.82 bits per heavy atom. The fourth-order valence-corrected chi connectivity index (χ4v) is 3.53. The summed E-state index contributed by atoms with van der Waals surface area (Å²) in [5.74, 6) is -0.964. The number of pyridine rings is 1. The van der Waals surface area contributed by atoms with E-state index in [0.29, 0.717) is 33.7 Å². The Hall–Kier alpha value is -4.27. The number of Topliss-reactive ketones (excluding diaryl/α,β-unsaturated/α-hetero) is 1. The number of hydrogen-bond acceptors (Lipinski definition) is 7. The number of benzene rings is 1. The number of furan rings is 1. The van der Waals surface area contributed by atoms with Crippen LogP contribution in [0.2, 0.25) is 0 Å². The fraction of sp³-hybridized carbons (Fsp3) is 0.240. The molecule has 34 heavy (non-hydrogen) atoms. The van der Waals surface area contributed by atoms with Crippen molar-refractivity contribution in [1.82, 2.24) is 14.8 Å². The van der Waals surface area contributed by atoms with Crippen molar-refractivity contribution < 1.29 is 23.5 Å². The minimum absolute atomic E-state index is 0.00627. The van der Waals surface area contributed by atoms with Crippen LogP contribution in [0.3, 0.4) is 0 Å². The molecule has 0 fully saturated rings. The van der Waals surface area contributed by atoms with Gasteiger partial charge in [-0.3, -0.25) is 9.59 Å². The van der Waals surface area contributed by atoms with Gasteiger partial charge in [0.1, 0.15) is 5.69 Å². The molecule has 1 atom stereocenters. The van der Waals surface area contributed by atoms with Gasteiger partial charge in [0, 0.05) is 11.6 Å². The van der Waals surface area contributed by atoms with Crippen molar-refractivity contribution in [3.8, 4) is 11.5 Å². The molecule has 3 aromatic heterocycles. The summed E-state index contributed by atoms with van der Waals surface area (Å²) < 4.78 is 12.7. The first-order valence-electron chi connectivity index (χ1n) is 10.8. The Morgan fingerprint density at radius 1 is 1.06 bits per heavy atom. The molecular formula is C25H24N4O5. The normalized spacial score (nSPS) is 12.0. The molecule has 174 valence electrons. The zero-order valence-electron chi connectivity index (χ0n) is 19.2. The molecule has 0 aliphatic heterocycles. The summed E-state index contributed by atoms with van der Waals surface area (Å²) in [5.41, 5.74) is 1.89. The quantitative estimate of drug-likeness (QED) is 0.315. The lowest BCUT2D eigenvalue weighted by atomic mass is 10.1.